The minimum Gasteiger partial charge on any atom is -0.507 e. The summed E-state index contributed by atoms with van der Waals surface area (Å²) in [6.07, 6.45) is 4.70. The predicted octanol–water partition coefficient (Wildman–Crippen LogP) is 3.47. The number of likely N-dealkylation sites (N-methyl/N-ethyl adjacent to an activating group) is 1. The molecule has 1 saturated heterocycles. The minimum atomic E-state index is -0.302. The predicted molar refractivity (Wildman–Crippen MR) is 112 cm³/mol. The van der Waals surface area contributed by atoms with E-state index in [-0.39, 0.29) is 17.2 Å². The van der Waals surface area contributed by atoms with Gasteiger partial charge in [-0.3, -0.25) is 4.79 Å². The average Bonchev–Trinajstić information content (AvgIpc) is 3.39. The molecule has 3 aromatic rings. The molecule has 0 aliphatic carbocycles. The van der Waals surface area contributed by atoms with Gasteiger partial charge < -0.3 is 19.5 Å². The van der Waals surface area contributed by atoms with Crippen LogP contribution in [0.25, 0.3) is 5.82 Å². The van der Waals surface area contributed by atoms with Crippen LogP contribution in [0.1, 0.15) is 35.0 Å². The third-order valence-corrected chi connectivity index (χ3v) is 6.35. The van der Waals surface area contributed by atoms with Crippen LogP contribution in [0.4, 0.5) is 5.69 Å². The first-order valence-electron chi connectivity index (χ1n) is 10.1. The van der Waals surface area contributed by atoms with Crippen molar-refractivity contribution in [2.75, 3.05) is 24.5 Å². The SMILES string of the molecule is CCN1c2cccnc2-n2cccc2[C@@]12CCN(C(=O)c1cccc(C)c1O)C2. The molecule has 2 aliphatic rings. The van der Waals surface area contributed by atoms with Gasteiger partial charge in [0.2, 0.25) is 0 Å². The zero-order valence-electron chi connectivity index (χ0n) is 16.7. The van der Waals surface area contributed by atoms with Crippen LogP contribution in [0.15, 0.2) is 54.9 Å². The summed E-state index contributed by atoms with van der Waals surface area (Å²) in [5.41, 5.74) is 3.04. The molecule has 1 aromatic carbocycles. The summed E-state index contributed by atoms with van der Waals surface area (Å²) in [6.45, 7) is 6.00. The molecule has 148 valence electrons. The summed E-state index contributed by atoms with van der Waals surface area (Å²) < 4.78 is 2.15. The molecule has 0 bridgehead atoms. The maximum Gasteiger partial charge on any atom is 0.257 e. The number of pyridine rings is 1. The Hall–Kier alpha value is -3.28. The number of likely N-dealkylation sites (tertiary alicyclic amines) is 1. The first-order chi connectivity index (χ1) is 14.1. The van der Waals surface area contributed by atoms with Gasteiger partial charge in [0, 0.05) is 32.0 Å². The van der Waals surface area contributed by atoms with Crippen LogP contribution in [-0.4, -0.2) is 45.1 Å². The van der Waals surface area contributed by atoms with Crippen LogP contribution in [0, 0.1) is 6.92 Å². The van der Waals surface area contributed by atoms with Gasteiger partial charge in [0.15, 0.2) is 5.82 Å². The summed E-state index contributed by atoms with van der Waals surface area (Å²) in [7, 11) is 0. The summed E-state index contributed by atoms with van der Waals surface area (Å²) in [5, 5.41) is 10.4. The summed E-state index contributed by atoms with van der Waals surface area (Å²) >= 11 is 0. The van der Waals surface area contributed by atoms with E-state index in [0.29, 0.717) is 24.2 Å². The Morgan fingerprint density at radius 2 is 2.07 bits per heavy atom. The molecule has 1 amide bonds. The molecule has 6 heteroatoms. The Labute approximate surface area is 170 Å². The Balaban J connectivity index is 1.57. The number of phenols is 1. The standard InChI is InChI=1S/C23H24N4O2/c1-3-27-18-9-5-12-24-21(18)26-13-6-10-19(26)23(27)11-14-25(15-23)22(29)17-8-4-7-16(2)20(17)28/h4-10,12-13,28H,3,11,14-15H2,1-2H3/t23-/m0/s1. The lowest BCUT2D eigenvalue weighted by Gasteiger charge is -2.46. The molecular weight excluding hydrogens is 364 g/mol. The number of carbonyl (C=O) groups excluding carboxylic acids is 1. The minimum absolute atomic E-state index is 0.0763. The number of para-hydroxylation sites is 1. The van der Waals surface area contributed by atoms with Crippen LogP contribution >= 0.6 is 0 Å². The molecule has 1 N–H and O–H groups in total. The number of benzene rings is 1. The van der Waals surface area contributed by atoms with E-state index in [9.17, 15) is 9.90 Å². The quantitative estimate of drug-likeness (QED) is 0.730. The Morgan fingerprint density at radius 1 is 1.21 bits per heavy atom. The van der Waals surface area contributed by atoms with Crippen molar-refractivity contribution in [2.24, 2.45) is 0 Å². The van der Waals surface area contributed by atoms with Gasteiger partial charge in [-0.05, 0) is 56.2 Å². The Morgan fingerprint density at radius 3 is 2.90 bits per heavy atom. The third kappa shape index (κ3) is 2.41. The van der Waals surface area contributed by atoms with Gasteiger partial charge in [-0.2, -0.15) is 0 Å². The van der Waals surface area contributed by atoms with Crippen LogP contribution in [0.2, 0.25) is 0 Å². The maximum atomic E-state index is 13.3. The number of rotatable bonds is 2. The van der Waals surface area contributed by atoms with Crippen LogP contribution < -0.4 is 4.90 Å². The number of aryl methyl sites for hydroxylation is 1. The third-order valence-electron chi connectivity index (χ3n) is 6.35. The number of carbonyl (C=O) groups is 1. The second kappa shape index (κ2) is 6.37. The van der Waals surface area contributed by atoms with Crippen LogP contribution in [0.3, 0.4) is 0 Å². The zero-order chi connectivity index (χ0) is 20.2. The Bertz CT molecular complexity index is 1110. The molecule has 29 heavy (non-hydrogen) atoms. The number of aromatic nitrogens is 2. The van der Waals surface area contributed by atoms with E-state index < -0.39 is 0 Å². The first-order valence-corrected chi connectivity index (χ1v) is 10.1. The van der Waals surface area contributed by atoms with Gasteiger partial charge in [-0.15, -0.1) is 0 Å². The number of fused-ring (bicyclic) bond motifs is 4. The largest absolute Gasteiger partial charge is 0.507 e. The number of aromatic hydroxyl groups is 1. The lowest BCUT2D eigenvalue weighted by atomic mass is 9.89. The van der Waals surface area contributed by atoms with Gasteiger partial charge in [-0.1, -0.05) is 12.1 Å². The normalized spacial score (nSPS) is 20.1. The second-order valence-electron chi connectivity index (χ2n) is 7.83. The molecule has 0 unspecified atom stereocenters. The fourth-order valence-electron chi connectivity index (χ4n) is 4.97. The number of hydrogen-bond acceptors (Lipinski definition) is 4. The van der Waals surface area contributed by atoms with Gasteiger partial charge >= 0.3 is 0 Å². The summed E-state index contributed by atoms with van der Waals surface area (Å²) in [6, 6.07) is 13.6. The van der Waals surface area contributed by atoms with Crippen molar-refractivity contribution in [2.45, 2.75) is 25.8 Å². The molecule has 6 nitrogen and oxygen atoms in total. The van der Waals surface area contributed by atoms with Crippen molar-refractivity contribution in [3.8, 4) is 11.6 Å². The average molecular weight is 388 g/mol. The summed E-state index contributed by atoms with van der Waals surface area (Å²) in [4.78, 5) is 22.1. The zero-order valence-corrected chi connectivity index (χ0v) is 16.7. The van der Waals surface area contributed by atoms with E-state index in [2.05, 4.69) is 33.5 Å². The summed E-state index contributed by atoms with van der Waals surface area (Å²) in [5.74, 6) is 0.891. The Kier molecular flexibility index (Phi) is 3.91. The molecule has 1 atom stereocenters. The fraction of sp³-hybridized carbons (Fsp3) is 0.304. The molecule has 2 aliphatic heterocycles. The number of phenolic OH excluding ortho intramolecular Hbond substituents is 1. The molecule has 0 radical (unpaired) electrons. The van der Waals surface area contributed by atoms with E-state index in [0.717, 1.165) is 30.2 Å². The van der Waals surface area contributed by atoms with Crippen molar-refractivity contribution in [3.63, 3.8) is 0 Å². The highest BCUT2D eigenvalue weighted by Gasteiger charge is 2.50. The maximum absolute atomic E-state index is 13.3. The van der Waals surface area contributed by atoms with E-state index in [1.54, 1.807) is 6.07 Å². The van der Waals surface area contributed by atoms with E-state index in [1.165, 1.54) is 0 Å². The van der Waals surface area contributed by atoms with Crippen molar-refractivity contribution in [3.05, 3.63) is 71.7 Å². The lowest BCUT2D eigenvalue weighted by Crippen LogP contribution is -2.52. The van der Waals surface area contributed by atoms with Gasteiger partial charge in [-0.25, -0.2) is 4.98 Å². The van der Waals surface area contributed by atoms with Crippen molar-refractivity contribution >= 4 is 11.6 Å². The molecule has 5 rings (SSSR count). The lowest BCUT2D eigenvalue weighted by molar-refractivity contribution is 0.0779. The number of hydrogen-bond donors (Lipinski definition) is 1. The highest BCUT2D eigenvalue weighted by atomic mass is 16.3. The fourth-order valence-corrected chi connectivity index (χ4v) is 4.97. The highest BCUT2D eigenvalue weighted by Crippen LogP contribution is 2.47. The van der Waals surface area contributed by atoms with Crippen molar-refractivity contribution in [1.29, 1.82) is 0 Å². The second-order valence-corrected chi connectivity index (χ2v) is 7.83. The smallest absolute Gasteiger partial charge is 0.257 e. The van der Waals surface area contributed by atoms with E-state index in [4.69, 9.17) is 0 Å². The van der Waals surface area contributed by atoms with Crippen molar-refractivity contribution in [1.82, 2.24) is 14.5 Å². The highest BCUT2D eigenvalue weighted by molar-refractivity contribution is 5.97. The molecule has 0 saturated carbocycles. The number of amides is 1. The first kappa shape index (κ1) is 17.8. The molecule has 4 heterocycles. The monoisotopic (exact) mass is 388 g/mol. The number of anilines is 1. The molecule has 2 aromatic heterocycles. The van der Waals surface area contributed by atoms with E-state index in [1.807, 2.05) is 48.5 Å². The van der Waals surface area contributed by atoms with Crippen molar-refractivity contribution < 1.29 is 9.90 Å². The van der Waals surface area contributed by atoms with Gasteiger partial charge in [0.1, 0.15) is 11.3 Å². The molecule has 1 fully saturated rings. The van der Waals surface area contributed by atoms with Crippen LogP contribution in [-0.2, 0) is 5.54 Å². The number of nitrogens with zero attached hydrogens (tertiary/aromatic N) is 4. The van der Waals surface area contributed by atoms with Gasteiger partial charge in [0.25, 0.3) is 5.91 Å². The molecule has 1 spiro atoms. The van der Waals surface area contributed by atoms with Gasteiger partial charge in [0.05, 0.1) is 16.9 Å². The molecular formula is C23H24N4O2. The van der Waals surface area contributed by atoms with Crippen LogP contribution in [0.5, 0.6) is 5.75 Å². The topological polar surface area (TPSA) is 61.6 Å². The van der Waals surface area contributed by atoms with E-state index >= 15 is 0 Å².